The van der Waals surface area contributed by atoms with E-state index in [2.05, 4.69) is 0 Å². The van der Waals surface area contributed by atoms with E-state index in [1.807, 2.05) is 0 Å². The van der Waals surface area contributed by atoms with Crippen molar-refractivity contribution in [2.24, 2.45) is 0 Å². The van der Waals surface area contributed by atoms with Gasteiger partial charge in [-0.25, -0.2) is 0 Å². The summed E-state index contributed by atoms with van der Waals surface area (Å²) in [5.74, 6) is 0.306. The number of hydrogen-bond acceptors (Lipinski definition) is 4. The number of benzene rings is 2. The topological polar surface area (TPSA) is 74.6 Å². The molecule has 0 atom stereocenters. The molecule has 0 unspecified atom stereocenters. The van der Waals surface area contributed by atoms with Crippen molar-refractivity contribution in [3.05, 3.63) is 59.7 Å². The molecule has 0 aliphatic carbocycles. The first-order valence-corrected chi connectivity index (χ1v) is 5.14. The molecule has 0 aliphatic rings. The Bertz CT molecular complexity index is 518. The van der Waals surface area contributed by atoms with Gasteiger partial charge in [0.25, 0.3) is 0 Å². The number of carbonyl (C=O) groups is 2. The number of carbonyl (C=O) groups excluding carboxylic acids is 2. The molecule has 2 aromatic carbocycles. The fourth-order valence-electron chi connectivity index (χ4n) is 1.15. The maximum atomic E-state index is 10.0. The van der Waals surface area contributed by atoms with Crippen LogP contribution in [0.2, 0.25) is 0 Å². The normalized spacial score (nSPS) is 8.89. The lowest BCUT2D eigenvalue weighted by molar-refractivity contribution is 0.111. The van der Waals surface area contributed by atoms with Gasteiger partial charge in [0.05, 0.1) is 0 Å². The van der Waals surface area contributed by atoms with E-state index in [-0.39, 0.29) is 11.5 Å². The van der Waals surface area contributed by atoms with E-state index in [1.165, 1.54) is 24.3 Å². The molecule has 2 rings (SSSR count). The SMILES string of the molecule is O=Cc1ccc(O)cc1.O=Cc1cccc(O)c1. The monoisotopic (exact) mass is 244 g/mol. The summed E-state index contributed by atoms with van der Waals surface area (Å²) in [6.45, 7) is 0. The molecular weight excluding hydrogens is 232 g/mol. The van der Waals surface area contributed by atoms with Crippen molar-refractivity contribution in [1.82, 2.24) is 0 Å². The molecule has 0 amide bonds. The molecule has 0 bridgehead atoms. The number of aromatic hydroxyl groups is 2. The Morgan fingerprint density at radius 2 is 1.33 bits per heavy atom. The molecule has 0 fully saturated rings. The molecule has 0 radical (unpaired) electrons. The third-order valence-corrected chi connectivity index (χ3v) is 2.04. The summed E-state index contributed by atoms with van der Waals surface area (Å²) >= 11 is 0. The van der Waals surface area contributed by atoms with Crippen LogP contribution in [-0.2, 0) is 0 Å². The van der Waals surface area contributed by atoms with E-state index in [4.69, 9.17) is 10.2 Å². The van der Waals surface area contributed by atoms with Gasteiger partial charge in [-0.1, -0.05) is 12.1 Å². The van der Waals surface area contributed by atoms with Gasteiger partial charge >= 0.3 is 0 Å². The molecule has 0 aromatic heterocycles. The Kier molecular flexibility index (Phi) is 5.12. The van der Waals surface area contributed by atoms with Crippen LogP contribution in [0.15, 0.2) is 48.5 Å². The second-order valence-corrected chi connectivity index (χ2v) is 3.42. The highest BCUT2D eigenvalue weighted by atomic mass is 16.3. The van der Waals surface area contributed by atoms with Crippen molar-refractivity contribution in [2.45, 2.75) is 0 Å². The highest BCUT2D eigenvalue weighted by Gasteiger charge is 1.88. The lowest BCUT2D eigenvalue weighted by atomic mass is 10.2. The van der Waals surface area contributed by atoms with Crippen molar-refractivity contribution in [3.63, 3.8) is 0 Å². The van der Waals surface area contributed by atoms with Gasteiger partial charge in [-0.05, 0) is 36.4 Å². The van der Waals surface area contributed by atoms with Crippen molar-refractivity contribution in [1.29, 1.82) is 0 Å². The fourth-order valence-corrected chi connectivity index (χ4v) is 1.15. The number of hydrogen-bond donors (Lipinski definition) is 2. The zero-order valence-corrected chi connectivity index (χ0v) is 9.48. The first-order valence-electron chi connectivity index (χ1n) is 5.14. The molecule has 0 saturated heterocycles. The van der Waals surface area contributed by atoms with E-state index in [0.29, 0.717) is 17.4 Å². The molecule has 2 N–H and O–H groups in total. The molecule has 0 spiro atoms. The van der Waals surface area contributed by atoms with Gasteiger partial charge in [0.15, 0.2) is 0 Å². The van der Waals surface area contributed by atoms with Gasteiger partial charge in [0.1, 0.15) is 24.1 Å². The molecular formula is C14H12O4. The summed E-state index contributed by atoms with van der Waals surface area (Å²) in [5.41, 5.74) is 1.07. The molecule has 4 nitrogen and oxygen atoms in total. The van der Waals surface area contributed by atoms with Crippen LogP contribution >= 0.6 is 0 Å². The minimum atomic E-state index is 0.125. The average molecular weight is 244 g/mol. The molecule has 92 valence electrons. The van der Waals surface area contributed by atoms with Crippen molar-refractivity contribution in [2.75, 3.05) is 0 Å². The Morgan fingerprint density at radius 3 is 1.78 bits per heavy atom. The highest BCUT2D eigenvalue weighted by molar-refractivity contribution is 5.75. The van der Waals surface area contributed by atoms with E-state index < -0.39 is 0 Å². The van der Waals surface area contributed by atoms with Gasteiger partial charge < -0.3 is 10.2 Å². The maximum Gasteiger partial charge on any atom is 0.150 e. The number of aldehydes is 2. The zero-order valence-electron chi connectivity index (χ0n) is 9.48. The van der Waals surface area contributed by atoms with Crippen LogP contribution in [0.25, 0.3) is 0 Å². The Morgan fingerprint density at radius 1 is 0.722 bits per heavy atom. The minimum absolute atomic E-state index is 0.125. The van der Waals surface area contributed by atoms with Gasteiger partial charge in [-0.3, -0.25) is 9.59 Å². The highest BCUT2D eigenvalue weighted by Crippen LogP contribution is 2.08. The van der Waals surface area contributed by atoms with E-state index in [9.17, 15) is 9.59 Å². The summed E-state index contributed by atoms with van der Waals surface area (Å²) in [5, 5.41) is 17.5. The van der Waals surface area contributed by atoms with Gasteiger partial charge in [-0.15, -0.1) is 0 Å². The van der Waals surface area contributed by atoms with Crippen molar-refractivity contribution in [3.8, 4) is 11.5 Å². The van der Waals surface area contributed by atoms with Crippen LogP contribution in [0.4, 0.5) is 0 Å². The average Bonchev–Trinajstić information content (AvgIpc) is 2.40. The second kappa shape index (κ2) is 6.85. The third-order valence-electron chi connectivity index (χ3n) is 2.04. The lowest BCUT2D eigenvalue weighted by Crippen LogP contribution is -1.75. The molecule has 0 heterocycles. The van der Waals surface area contributed by atoms with Crippen molar-refractivity contribution >= 4 is 12.6 Å². The molecule has 0 aliphatic heterocycles. The molecule has 0 saturated carbocycles. The lowest BCUT2D eigenvalue weighted by Gasteiger charge is -1.89. The van der Waals surface area contributed by atoms with Crippen LogP contribution in [0.1, 0.15) is 20.7 Å². The number of phenolic OH excluding ortho intramolecular Hbond substituents is 2. The van der Waals surface area contributed by atoms with Crippen LogP contribution in [0, 0.1) is 0 Å². The molecule has 2 aromatic rings. The number of rotatable bonds is 2. The number of phenols is 2. The fraction of sp³-hybridized carbons (Fsp3) is 0. The van der Waals surface area contributed by atoms with E-state index in [1.54, 1.807) is 24.3 Å². The van der Waals surface area contributed by atoms with Crippen LogP contribution < -0.4 is 0 Å². The predicted molar refractivity (Wildman–Crippen MR) is 67.0 cm³/mol. The van der Waals surface area contributed by atoms with Gasteiger partial charge in [0, 0.05) is 11.1 Å². The third kappa shape index (κ3) is 4.49. The smallest absolute Gasteiger partial charge is 0.150 e. The minimum Gasteiger partial charge on any atom is -0.508 e. The zero-order chi connectivity index (χ0) is 13.4. The van der Waals surface area contributed by atoms with Crippen molar-refractivity contribution < 1.29 is 19.8 Å². The molecule has 4 heteroatoms. The summed E-state index contributed by atoms with van der Waals surface area (Å²) in [6.07, 6.45) is 1.43. The Hall–Kier alpha value is -2.62. The second-order valence-electron chi connectivity index (χ2n) is 3.42. The quantitative estimate of drug-likeness (QED) is 0.795. The van der Waals surface area contributed by atoms with E-state index >= 15 is 0 Å². The van der Waals surface area contributed by atoms with Gasteiger partial charge in [-0.2, -0.15) is 0 Å². The Labute approximate surface area is 104 Å². The largest absolute Gasteiger partial charge is 0.508 e. The summed E-state index contributed by atoms with van der Waals surface area (Å²) in [7, 11) is 0. The summed E-state index contributed by atoms with van der Waals surface area (Å²) in [6, 6.07) is 12.3. The van der Waals surface area contributed by atoms with Gasteiger partial charge in [0.2, 0.25) is 0 Å². The summed E-state index contributed by atoms with van der Waals surface area (Å²) in [4.78, 5) is 20.1. The van der Waals surface area contributed by atoms with Crippen LogP contribution in [0.5, 0.6) is 11.5 Å². The van der Waals surface area contributed by atoms with Crippen LogP contribution in [0.3, 0.4) is 0 Å². The molecule has 18 heavy (non-hydrogen) atoms. The predicted octanol–water partition coefficient (Wildman–Crippen LogP) is 2.41. The first kappa shape index (κ1) is 13.4. The first-order chi connectivity index (χ1) is 8.65. The summed E-state index contributed by atoms with van der Waals surface area (Å²) < 4.78 is 0. The Balaban J connectivity index is 0.000000180. The standard InChI is InChI=1S/2C7H6O2/c8-5-6-1-3-7(9)4-2-6;8-5-6-2-1-3-7(9)4-6/h2*1-5,9H. The van der Waals surface area contributed by atoms with Crippen LogP contribution in [-0.4, -0.2) is 22.8 Å². The van der Waals surface area contributed by atoms with E-state index in [0.717, 1.165) is 6.29 Å². The maximum absolute atomic E-state index is 10.0.